The number of hydrogen-bond donors (Lipinski definition) is 1. The topological polar surface area (TPSA) is 53.0 Å². The summed E-state index contributed by atoms with van der Waals surface area (Å²) in [4.78, 5) is 15.8. The summed E-state index contributed by atoms with van der Waals surface area (Å²) in [6.07, 6.45) is 2.10. The standard InChI is InChI=1S/C12H24N2O3/c1-2-3-10-17-11-12(16)14-6-4-13(5-7-14)8-9-15/h15H,2-11H2,1H3. The van der Waals surface area contributed by atoms with Crippen LogP contribution in [0.1, 0.15) is 19.8 Å². The first-order chi connectivity index (χ1) is 8.27. The Morgan fingerprint density at radius 2 is 2.00 bits per heavy atom. The van der Waals surface area contributed by atoms with Crippen molar-refractivity contribution in [2.75, 3.05) is 52.5 Å². The second-order valence-corrected chi connectivity index (χ2v) is 4.35. The molecule has 1 aliphatic heterocycles. The van der Waals surface area contributed by atoms with Crippen molar-refractivity contribution in [2.45, 2.75) is 19.8 Å². The van der Waals surface area contributed by atoms with Crippen LogP contribution in [0.25, 0.3) is 0 Å². The van der Waals surface area contributed by atoms with Gasteiger partial charge in [0.15, 0.2) is 0 Å². The van der Waals surface area contributed by atoms with Gasteiger partial charge in [0.25, 0.3) is 0 Å². The van der Waals surface area contributed by atoms with Crippen LogP contribution in [0.2, 0.25) is 0 Å². The number of carbonyl (C=O) groups is 1. The van der Waals surface area contributed by atoms with Crippen molar-refractivity contribution in [2.24, 2.45) is 0 Å². The molecule has 0 aromatic rings. The van der Waals surface area contributed by atoms with Gasteiger partial charge in [0, 0.05) is 39.3 Å². The van der Waals surface area contributed by atoms with Crippen molar-refractivity contribution in [3.8, 4) is 0 Å². The van der Waals surface area contributed by atoms with Gasteiger partial charge in [0.05, 0.1) is 6.61 Å². The monoisotopic (exact) mass is 244 g/mol. The molecule has 5 heteroatoms. The minimum absolute atomic E-state index is 0.0877. The lowest BCUT2D eigenvalue weighted by Gasteiger charge is -2.34. The van der Waals surface area contributed by atoms with Crippen molar-refractivity contribution in [3.05, 3.63) is 0 Å². The minimum Gasteiger partial charge on any atom is -0.395 e. The van der Waals surface area contributed by atoms with Gasteiger partial charge in [-0.05, 0) is 6.42 Å². The molecule has 1 rings (SSSR count). The van der Waals surface area contributed by atoms with Crippen molar-refractivity contribution in [1.29, 1.82) is 0 Å². The number of hydrogen-bond acceptors (Lipinski definition) is 4. The van der Waals surface area contributed by atoms with E-state index in [1.165, 1.54) is 0 Å². The highest BCUT2D eigenvalue weighted by Gasteiger charge is 2.20. The van der Waals surface area contributed by atoms with Gasteiger partial charge in [-0.3, -0.25) is 9.69 Å². The minimum atomic E-state index is 0.0877. The summed E-state index contributed by atoms with van der Waals surface area (Å²) in [6.45, 7) is 7.07. The number of ether oxygens (including phenoxy) is 1. The Morgan fingerprint density at radius 3 is 2.59 bits per heavy atom. The lowest BCUT2D eigenvalue weighted by atomic mass is 10.3. The van der Waals surface area contributed by atoms with Gasteiger partial charge < -0.3 is 14.7 Å². The number of unbranched alkanes of at least 4 members (excludes halogenated alkanes) is 1. The number of β-amino-alcohol motifs (C(OH)–C–C–N with tert-alkyl or cyclic N) is 1. The summed E-state index contributed by atoms with van der Waals surface area (Å²) >= 11 is 0. The van der Waals surface area contributed by atoms with E-state index in [0.29, 0.717) is 13.2 Å². The predicted molar refractivity (Wildman–Crippen MR) is 65.8 cm³/mol. The Labute approximate surface area is 103 Å². The first kappa shape index (κ1) is 14.4. The zero-order valence-corrected chi connectivity index (χ0v) is 10.7. The highest BCUT2D eigenvalue weighted by atomic mass is 16.5. The van der Waals surface area contributed by atoms with E-state index >= 15 is 0 Å². The van der Waals surface area contributed by atoms with E-state index in [1.54, 1.807) is 0 Å². The number of aliphatic hydroxyl groups excluding tert-OH is 1. The molecule has 1 heterocycles. The summed E-state index contributed by atoms with van der Waals surface area (Å²) in [6, 6.07) is 0. The van der Waals surface area contributed by atoms with Gasteiger partial charge in [0.2, 0.25) is 5.91 Å². The molecule has 1 amide bonds. The van der Waals surface area contributed by atoms with Crippen molar-refractivity contribution >= 4 is 5.91 Å². The van der Waals surface area contributed by atoms with Crippen LogP contribution < -0.4 is 0 Å². The molecule has 1 N–H and O–H groups in total. The van der Waals surface area contributed by atoms with E-state index in [9.17, 15) is 4.79 Å². The van der Waals surface area contributed by atoms with Crippen LogP contribution in [-0.4, -0.2) is 73.4 Å². The molecule has 1 fully saturated rings. The van der Waals surface area contributed by atoms with E-state index < -0.39 is 0 Å². The summed E-state index contributed by atoms with van der Waals surface area (Å²) in [5.74, 6) is 0.0877. The van der Waals surface area contributed by atoms with Gasteiger partial charge in [-0.15, -0.1) is 0 Å². The average Bonchev–Trinajstić information content (AvgIpc) is 2.36. The van der Waals surface area contributed by atoms with Crippen LogP contribution in [0.15, 0.2) is 0 Å². The number of amides is 1. The Bertz CT molecular complexity index is 216. The van der Waals surface area contributed by atoms with Crippen LogP contribution in [0, 0.1) is 0 Å². The summed E-state index contributed by atoms with van der Waals surface area (Å²) in [7, 11) is 0. The normalized spacial score (nSPS) is 17.4. The van der Waals surface area contributed by atoms with Gasteiger partial charge in [-0.25, -0.2) is 0 Å². The fraction of sp³-hybridized carbons (Fsp3) is 0.917. The third-order valence-corrected chi connectivity index (χ3v) is 3.01. The molecule has 0 unspecified atom stereocenters. The van der Waals surface area contributed by atoms with Crippen molar-refractivity contribution < 1.29 is 14.6 Å². The quantitative estimate of drug-likeness (QED) is 0.638. The largest absolute Gasteiger partial charge is 0.395 e. The Balaban J connectivity index is 2.12. The van der Waals surface area contributed by atoms with Gasteiger partial charge in [0.1, 0.15) is 6.61 Å². The fourth-order valence-electron chi connectivity index (χ4n) is 1.86. The maximum atomic E-state index is 11.8. The van der Waals surface area contributed by atoms with E-state index in [1.807, 2.05) is 4.90 Å². The first-order valence-corrected chi connectivity index (χ1v) is 6.46. The number of aliphatic hydroxyl groups is 1. The summed E-state index contributed by atoms with van der Waals surface area (Å²) < 4.78 is 5.32. The Kier molecular flexibility index (Phi) is 7.16. The predicted octanol–water partition coefficient (Wildman–Crippen LogP) is -0.0604. The molecule has 0 bridgehead atoms. The third kappa shape index (κ3) is 5.48. The maximum Gasteiger partial charge on any atom is 0.248 e. The third-order valence-electron chi connectivity index (χ3n) is 3.01. The molecule has 0 spiro atoms. The van der Waals surface area contributed by atoms with E-state index in [0.717, 1.165) is 39.0 Å². The number of rotatable bonds is 7. The molecule has 1 saturated heterocycles. The van der Waals surface area contributed by atoms with Crippen LogP contribution >= 0.6 is 0 Å². The van der Waals surface area contributed by atoms with Crippen LogP contribution in [-0.2, 0) is 9.53 Å². The number of nitrogens with zero attached hydrogens (tertiary/aromatic N) is 2. The molecule has 0 aliphatic carbocycles. The molecule has 0 aromatic carbocycles. The SMILES string of the molecule is CCCCOCC(=O)N1CCN(CCO)CC1. The second-order valence-electron chi connectivity index (χ2n) is 4.35. The molecule has 5 nitrogen and oxygen atoms in total. The molecule has 1 aliphatic rings. The Morgan fingerprint density at radius 1 is 1.29 bits per heavy atom. The molecule has 0 radical (unpaired) electrons. The molecule has 0 saturated carbocycles. The smallest absolute Gasteiger partial charge is 0.248 e. The summed E-state index contributed by atoms with van der Waals surface area (Å²) in [5, 5.41) is 8.82. The van der Waals surface area contributed by atoms with Crippen LogP contribution in [0.4, 0.5) is 0 Å². The van der Waals surface area contributed by atoms with Gasteiger partial charge in [-0.2, -0.15) is 0 Å². The molecular formula is C12H24N2O3. The average molecular weight is 244 g/mol. The fourth-order valence-corrected chi connectivity index (χ4v) is 1.86. The van der Waals surface area contributed by atoms with Gasteiger partial charge in [-0.1, -0.05) is 13.3 Å². The zero-order chi connectivity index (χ0) is 12.5. The number of carbonyl (C=O) groups excluding carboxylic acids is 1. The maximum absolute atomic E-state index is 11.8. The highest BCUT2D eigenvalue weighted by Crippen LogP contribution is 2.02. The molecule has 0 atom stereocenters. The lowest BCUT2D eigenvalue weighted by molar-refractivity contribution is -0.138. The van der Waals surface area contributed by atoms with Crippen LogP contribution in [0.5, 0.6) is 0 Å². The molecule has 100 valence electrons. The van der Waals surface area contributed by atoms with Crippen LogP contribution in [0.3, 0.4) is 0 Å². The summed E-state index contributed by atoms with van der Waals surface area (Å²) in [5.41, 5.74) is 0. The molecule has 17 heavy (non-hydrogen) atoms. The van der Waals surface area contributed by atoms with Gasteiger partial charge >= 0.3 is 0 Å². The lowest BCUT2D eigenvalue weighted by Crippen LogP contribution is -2.50. The van der Waals surface area contributed by atoms with E-state index in [-0.39, 0.29) is 19.1 Å². The highest BCUT2D eigenvalue weighted by molar-refractivity contribution is 5.77. The zero-order valence-electron chi connectivity index (χ0n) is 10.7. The number of piperazine rings is 1. The molecule has 0 aromatic heterocycles. The Hall–Kier alpha value is -0.650. The molecular weight excluding hydrogens is 220 g/mol. The van der Waals surface area contributed by atoms with Crippen molar-refractivity contribution in [3.63, 3.8) is 0 Å². The first-order valence-electron chi connectivity index (χ1n) is 6.46. The second kappa shape index (κ2) is 8.44. The van der Waals surface area contributed by atoms with Crippen molar-refractivity contribution in [1.82, 2.24) is 9.80 Å². The van der Waals surface area contributed by atoms with E-state index in [4.69, 9.17) is 9.84 Å². The van der Waals surface area contributed by atoms with E-state index in [2.05, 4.69) is 11.8 Å².